The van der Waals surface area contributed by atoms with E-state index in [1.165, 1.54) is 6.07 Å². The minimum atomic E-state index is -4.78. The molecule has 0 amide bonds. The third-order valence-corrected chi connectivity index (χ3v) is 2.02. The van der Waals surface area contributed by atoms with E-state index in [0.717, 1.165) is 0 Å². The predicted octanol–water partition coefficient (Wildman–Crippen LogP) is 4.26. The van der Waals surface area contributed by atoms with Crippen LogP contribution in [0.1, 0.15) is 16.7 Å². The lowest BCUT2D eigenvalue weighted by atomic mass is 10.0. The van der Waals surface area contributed by atoms with Crippen molar-refractivity contribution in [3.05, 3.63) is 41.0 Å². The Bertz CT molecular complexity index is 504. The average Bonchev–Trinajstić information content (AvgIpc) is 2.23. The number of allylic oxidation sites excluding steroid dienone is 1. The van der Waals surface area contributed by atoms with Crippen molar-refractivity contribution >= 4 is 6.08 Å². The number of benzene rings is 1. The Balaban J connectivity index is 3.40. The van der Waals surface area contributed by atoms with E-state index in [-0.39, 0.29) is 0 Å². The van der Waals surface area contributed by atoms with Crippen LogP contribution >= 0.6 is 0 Å². The van der Waals surface area contributed by atoms with Crippen LogP contribution in [0.25, 0.3) is 6.08 Å². The standard InChI is InChI=1S/C11H5F6N/c12-10(13,14)8-3-4-9(11(15,16)17)7(6-8)2-1-5-18/h1-4,6H. The van der Waals surface area contributed by atoms with Gasteiger partial charge in [-0.15, -0.1) is 0 Å². The molecule has 0 radical (unpaired) electrons. The molecule has 0 aliphatic rings. The van der Waals surface area contributed by atoms with Crippen LogP contribution in [-0.4, -0.2) is 0 Å². The molecular weight excluding hydrogens is 260 g/mol. The molecule has 0 atom stereocenters. The van der Waals surface area contributed by atoms with Crippen molar-refractivity contribution in [2.24, 2.45) is 0 Å². The second-order valence-corrected chi connectivity index (χ2v) is 3.26. The Kier molecular flexibility index (Phi) is 3.70. The van der Waals surface area contributed by atoms with E-state index in [1.54, 1.807) is 0 Å². The molecular formula is C11H5F6N. The third kappa shape index (κ3) is 3.26. The van der Waals surface area contributed by atoms with Gasteiger partial charge in [-0.2, -0.15) is 31.6 Å². The second-order valence-electron chi connectivity index (χ2n) is 3.26. The molecule has 0 aliphatic carbocycles. The van der Waals surface area contributed by atoms with Crippen molar-refractivity contribution in [2.75, 3.05) is 0 Å². The molecule has 0 saturated heterocycles. The van der Waals surface area contributed by atoms with Crippen LogP contribution in [0.2, 0.25) is 0 Å². The molecule has 18 heavy (non-hydrogen) atoms. The Morgan fingerprint density at radius 3 is 2.06 bits per heavy atom. The van der Waals surface area contributed by atoms with E-state index in [2.05, 4.69) is 0 Å². The minimum Gasteiger partial charge on any atom is -0.193 e. The fourth-order valence-corrected chi connectivity index (χ4v) is 1.26. The zero-order chi connectivity index (χ0) is 14.0. The zero-order valence-corrected chi connectivity index (χ0v) is 8.60. The highest BCUT2D eigenvalue weighted by molar-refractivity contribution is 5.58. The van der Waals surface area contributed by atoms with E-state index >= 15 is 0 Å². The van der Waals surface area contributed by atoms with E-state index in [4.69, 9.17) is 5.26 Å². The average molecular weight is 265 g/mol. The monoisotopic (exact) mass is 265 g/mol. The molecule has 0 heterocycles. The van der Waals surface area contributed by atoms with Crippen LogP contribution in [-0.2, 0) is 12.4 Å². The van der Waals surface area contributed by atoms with Gasteiger partial charge in [0.2, 0.25) is 0 Å². The van der Waals surface area contributed by atoms with Crippen molar-refractivity contribution < 1.29 is 26.3 Å². The van der Waals surface area contributed by atoms with Crippen molar-refractivity contribution in [2.45, 2.75) is 12.4 Å². The molecule has 1 aromatic rings. The Hall–Kier alpha value is -1.97. The van der Waals surface area contributed by atoms with Gasteiger partial charge in [0.05, 0.1) is 17.2 Å². The lowest BCUT2D eigenvalue weighted by molar-refractivity contribution is -0.141. The number of hydrogen-bond donors (Lipinski definition) is 0. The lowest BCUT2D eigenvalue weighted by Crippen LogP contribution is -2.11. The summed E-state index contributed by atoms with van der Waals surface area (Å²) in [5.74, 6) is 0. The molecule has 0 N–H and O–H groups in total. The number of alkyl halides is 6. The third-order valence-electron chi connectivity index (χ3n) is 2.02. The van der Waals surface area contributed by atoms with Crippen LogP contribution in [0.4, 0.5) is 26.3 Å². The van der Waals surface area contributed by atoms with E-state index in [1.807, 2.05) is 0 Å². The summed E-state index contributed by atoms with van der Waals surface area (Å²) in [6.07, 6.45) is -8.14. The second kappa shape index (κ2) is 4.72. The molecule has 0 aromatic heterocycles. The van der Waals surface area contributed by atoms with E-state index < -0.39 is 29.0 Å². The van der Waals surface area contributed by atoms with Gasteiger partial charge >= 0.3 is 12.4 Å². The van der Waals surface area contributed by atoms with Gasteiger partial charge in [-0.05, 0) is 29.8 Å². The maximum Gasteiger partial charge on any atom is 0.416 e. The summed E-state index contributed by atoms with van der Waals surface area (Å²) in [5.41, 5.74) is -3.12. The van der Waals surface area contributed by atoms with Gasteiger partial charge < -0.3 is 0 Å². The lowest BCUT2D eigenvalue weighted by Gasteiger charge is -2.13. The van der Waals surface area contributed by atoms with Gasteiger partial charge in [-0.1, -0.05) is 0 Å². The summed E-state index contributed by atoms with van der Waals surface area (Å²) in [6, 6.07) is 2.48. The summed E-state index contributed by atoms with van der Waals surface area (Å²) in [7, 11) is 0. The van der Waals surface area contributed by atoms with Crippen LogP contribution in [0.5, 0.6) is 0 Å². The molecule has 7 heteroatoms. The Morgan fingerprint density at radius 2 is 1.61 bits per heavy atom. The van der Waals surface area contributed by atoms with Crippen molar-refractivity contribution in [3.8, 4) is 6.07 Å². The number of hydrogen-bond acceptors (Lipinski definition) is 1. The number of nitrogens with zero attached hydrogens (tertiary/aromatic N) is 1. The van der Waals surface area contributed by atoms with Crippen LogP contribution < -0.4 is 0 Å². The van der Waals surface area contributed by atoms with Gasteiger partial charge in [-0.3, -0.25) is 0 Å². The van der Waals surface area contributed by atoms with Crippen molar-refractivity contribution in [3.63, 3.8) is 0 Å². The van der Waals surface area contributed by atoms with Crippen LogP contribution in [0.15, 0.2) is 24.3 Å². The maximum absolute atomic E-state index is 12.5. The van der Waals surface area contributed by atoms with Gasteiger partial charge in [0.15, 0.2) is 0 Å². The van der Waals surface area contributed by atoms with Gasteiger partial charge in [-0.25, -0.2) is 0 Å². The van der Waals surface area contributed by atoms with Gasteiger partial charge in [0.25, 0.3) is 0 Å². The first-order valence-electron chi connectivity index (χ1n) is 4.51. The topological polar surface area (TPSA) is 23.8 Å². The molecule has 0 unspecified atom stereocenters. The van der Waals surface area contributed by atoms with Crippen molar-refractivity contribution in [1.29, 1.82) is 5.26 Å². The molecule has 0 spiro atoms. The van der Waals surface area contributed by atoms with E-state index in [0.29, 0.717) is 30.4 Å². The number of halogens is 6. The van der Waals surface area contributed by atoms with E-state index in [9.17, 15) is 26.3 Å². The number of rotatable bonds is 1. The quantitative estimate of drug-likeness (QED) is 0.549. The molecule has 1 nitrogen and oxygen atoms in total. The Labute approximate surface area is 98.0 Å². The minimum absolute atomic E-state index is 0.347. The first-order chi connectivity index (χ1) is 8.16. The summed E-state index contributed by atoms with van der Waals surface area (Å²) in [6.45, 7) is 0. The molecule has 1 rings (SSSR count). The van der Waals surface area contributed by atoms with Gasteiger partial charge in [0, 0.05) is 6.08 Å². The smallest absolute Gasteiger partial charge is 0.193 e. The summed E-state index contributed by atoms with van der Waals surface area (Å²) < 4.78 is 74.6. The highest BCUT2D eigenvalue weighted by Gasteiger charge is 2.36. The first-order valence-corrected chi connectivity index (χ1v) is 4.51. The largest absolute Gasteiger partial charge is 0.416 e. The molecule has 0 fully saturated rings. The Morgan fingerprint density at radius 1 is 1.00 bits per heavy atom. The number of nitriles is 1. The highest BCUT2D eigenvalue weighted by atomic mass is 19.4. The molecule has 96 valence electrons. The summed E-state index contributed by atoms with van der Waals surface area (Å²) >= 11 is 0. The molecule has 1 aromatic carbocycles. The fraction of sp³-hybridized carbons (Fsp3) is 0.182. The molecule has 0 aliphatic heterocycles. The van der Waals surface area contributed by atoms with Crippen LogP contribution in [0.3, 0.4) is 0 Å². The van der Waals surface area contributed by atoms with Gasteiger partial charge in [0.1, 0.15) is 0 Å². The van der Waals surface area contributed by atoms with Crippen LogP contribution in [0, 0.1) is 11.3 Å². The highest BCUT2D eigenvalue weighted by Crippen LogP contribution is 2.36. The summed E-state index contributed by atoms with van der Waals surface area (Å²) in [4.78, 5) is 0. The molecule has 0 bridgehead atoms. The maximum atomic E-state index is 12.5. The predicted molar refractivity (Wildman–Crippen MR) is 51.1 cm³/mol. The SMILES string of the molecule is N#CC=Cc1cc(C(F)(F)F)ccc1C(F)(F)F. The first kappa shape index (κ1) is 14.1. The normalized spacial score (nSPS) is 12.7. The van der Waals surface area contributed by atoms with Crippen molar-refractivity contribution in [1.82, 2.24) is 0 Å². The molecule has 0 saturated carbocycles. The fourth-order valence-electron chi connectivity index (χ4n) is 1.26. The summed E-state index contributed by atoms with van der Waals surface area (Å²) in [5, 5.41) is 8.21. The zero-order valence-electron chi connectivity index (χ0n) is 8.60.